The van der Waals surface area contributed by atoms with Crippen LogP contribution in [0.3, 0.4) is 0 Å². The summed E-state index contributed by atoms with van der Waals surface area (Å²) in [7, 11) is 0. The number of carbonyl (C=O) groups is 1. The van der Waals surface area contributed by atoms with Crippen LogP contribution in [0.4, 0.5) is 5.69 Å². The van der Waals surface area contributed by atoms with Crippen molar-refractivity contribution in [2.24, 2.45) is 11.7 Å². The molecule has 0 aromatic carbocycles. The van der Waals surface area contributed by atoms with Gasteiger partial charge in [-0.3, -0.25) is 9.78 Å². The van der Waals surface area contributed by atoms with E-state index in [1.807, 2.05) is 0 Å². The van der Waals surface area contributed by atoms with Crippen LogP contribution in [-0.4, -0.2) is 16.8 Å². The van der Waals surface area contributed by atoms with Gasteiger partial charge < -0.3 is 11.5 Å². The lowest BCUT2D eigenvalue weighted by atomic mass is 9.81. The van der Waals surface area contributed by atoms with Crippen LogP contribution >= 0.6 is 0 Å². The third-order valence-electron chi connectivity index (χ3n) is 3.54. The minimum Gasteiger partial charge on any atom is -0.398 e. The Bertz CT molecular complexity index is 405. The third-order valence-corrected chi connectivity index (χ3v) is 3.54. The fourth-order valence-electron chi connectivity index (χ4n) is 2.46. The molecule has 4 nitrogen and oxygen atoms in total. The molecule has 92 valence electrons. The lowest BCUT2D eigenvalue weighted by molar-refractivity contribution is -0.123. The molecule has 2 rings (SSSR count). The maximum Gasteiger partial charge on any atom is 0.142 e. The van der Waals surface area contributed by atoms with E-state index >= 15 is 0 Å². The van der Waals surface area contributed by atoms with Gasteiger partial charge in [-0.1, -0.05) is 12.8 Å². The first-order valence-corrected chi connectivity index (χ1v) is 6.15. The van der Waals surface area contributed by atoms with Crippen LogP contribution in [-0.2, 0) is 11.2 Å². The molecule has 4 N–H and O–H groups in total. The number of nitrogens with two attached hydrogens (primary N) is 2. The van der Waals surface area contributed by atoms with Crippen molar-refractivity contribution in [3.63, 3.8) is 0 Å². The molecule has 0 spiro atoms. The van der Waals surface area contributed by atoms with Crippen LogP contribution < -0.4 is 11.5 Å². The Labute approximate surface area is 101 Å². The molecule has 1 saturated carbocycles. The van der Waals surface area contributed by atoms with Gasteiger partial charge in [0.2, 0.25) is 0 Å². The first kappa shape index (κ1) is 12.0. The highest BCUT2D eigenvalue weighted by Gasteiger charge is 2.28. The first-order valence-electron chi connectivity index (χ1n) is 6.15. The number of aromatic nitrogens is 1. The molecule has 1 aromatic heterocycles. The van der Waals surface area contributed by atoms with Crippen molar-refractivity contribution in [2.75, 3.05) is 5.73 Å². The molecule has 1 heterocycles. The van der Waals surface area contributed by atoms with Gasteiger partial charge in [-0.15, -0.1) is 0 Å². The third kappa shape index (κ3) is 2.82. The highest BCUT2D eigenvalue weighted by Crippen LogP contribution is 2.25. The quantitative estimate of drug-likeness (QED) is 0.824. The average molecular weight is 233 g/mol. The second-order valence-electron chi connectivity index (χ2n) is 4.77. The molecule has 1 aliphatic carbocycles. The van der Waals surface area contributed by atoms with Gasteiger partial charge in [0.15, 0.2) is 0 Å². The second-order valence-corrected chi connectivity index (χ2v) is 4.77. The van der Waals surface area contributed by atoms with Crippen molar-refractivity contribution >= 4 is 11.5 Å². The van der Waals surface area contributed by atoms with Gasteiger partial charge in [0.1, 0.15) is 5.78 Å². The number of Topliss-reactive ketones (excluding diaryl/α,β-unsaturated/α-hetero) is 1. The van der Waals surface area contributed by atoms with Crippen molar-refractivity contribution in [2.45, 2.75) is 38.1 Å². The van der Waals surface area contributed by atoms with Crippen LogP contribution in [0.25, 0.3) is 0 Å². The molecule has 4 heteroatoms. The van der Waals surface area contributed by atoms with Crippen LogP contribution in [0.2, 0.25) is 0 Å². The van der Waals surface area contributed by atoms with Crippen molar-refractivity contribution in [3.8, 4) is 0 Å². The predicted octanol–water partition coefficient (Wildman–Crippen LogP) is 1.29. The van der Waals surface area contributed by atoms with Gasteiger partial charge in [0, 0.05) is 42.0 Å². The molecule has 17 heavy (non-hydrogen) atoms. The van der Waals surface area contributed by atoms with E-state index in [9.17, 15) is 4.79 Å². The number of pyridine rings is 1. The lowest BCUT2D eigenvalue weighted by Gasteiger charge is -2.27. The van der Waals surface area contributed by atoms with Gasteiger partial charge >= 0.3 is 0 Å². The highest BCUT2D eigenvalue weighted by molar-refractivity contribution is 5.85. The Morgan fingerprint density at radius 2 is 2.18 bits per heavy atom. The summed E-state index contributed by atoms with van der Waals surface area (Å²) in [5, 5.41) is 0. The molecular weight excluding hydrogens is 214 g/mol. The molecule has 0 saturated heterocycles. The van der Waals surface area contributed by atoms with Crippen LogP contribution in [0.5, 0.6) is 0 Å². The van der Waals surface area contributed by atoms with E-state index in [2.05, 4.69) is 4.98 Å². The molecule has 1 aliphatic rings. The number of anilines is 1. The maximum atomic E-state index is 12.2. The van der Waals surface area contributed by atoms with Crippen LogP contribution in [0, 0.1) is 5.92 Å². The summed E-state index contributed by atoms with van der Waals surface area (Å²) < 4.78 is 0. The van der Waals surface area contributed by atoms with E-state index in [4.69, 9.17) is 11.5 Å². The molecule has 0 bridgehead atoms. The standard InChI is InChI=1S/C13H19N3O/c14-11-5-6-16-8-9(11)7-13(17)10-3-1-2-4-12(10)15/h5-6,8,10,12H,1-4,7,15H2,(H2,14,16). The largest absolute Gasteiger partial charge is 0.398 e. The minimum atomic E-state index is 0.00311. The maximum absolute atomic E-state index is 12.2. The molecule has 0 radical (unpaired) electrons. The number of carbonyl (C=O) groups excluding carboxylic acids is 1. The number of hydrogen-bond acceptors (Lipinski definition) is 4. The Morgan fingerprint density at radius 3 is 2.88 bits per heavy atom. The summed E-state index contributed by atoms with van der Waals surface area (Å²) in [4.78, 5) is 16.2. The van der Waals surface area contributed by atoms with Crippen molar-refractivity contribution < 1.29 is 4.79 Å². The van der Waals surface area contributed by atoms with E-state index in [0.29, 0.717) is 12.1 Å². The zero-order chi connectivity index (χ0) is 12.3. The summed E-state index contributed by atoms with van der Waals surface area (Å²) in [5.41, 5.74) is 13.3. The monoisotopic (exact) mass is 233 g/mol. The van der Waals surface area contributed by atoms with Crippen LogP contribution in [0.15, 0.2) is 18.5 Å². The second kappa shape index (κ2) is 5.27. The summed E-state index contributed by atoms with van der Waals surface area (Å²) in [5.74, 6) is 0.209. The Kier molecular flexibility index (Phi) is 3.74. The lowest BCUT2D eigenvalue weighted by Crippen LogP contribution is -2.38. The molecule has 1 aromatic rings. The fraction of sp³-hybridized carbons (Fsp3) is 0.538. The summed E-state index contributed by atoms with van der Waals surface area (Å²) in [6.07, 6.45) is 7.78. The number of nitrogen functional groups attached to an aromatic ring is 1. The van der Waals surface area contributed by atoms with Gasteiger partial charge in [-0.05, 0) is 18.9 Å². The Balaban J connectivity index is 2.03. The van der Waals surface area contributed by atoms with Gasteiger partial charge in [0.25, 0.3) is 0 Å². The molecule has 0 amide bonds. The van der Waals surface area contributed by atoms with E-state index < -0.39 is 0 Å². The highest BCUT2D eigenvalue weighted by atomic mass is 16.1. The molecule has 2 unspecified atom stereocenters. The Hall–Kier alpha value is -1.42. The number of hydrogen-bond donors (Lipinski definition) is 2. The van der Waals surface area contributed by atoms with Crippen LogP contribution in [0.1, 0.15) is 31.2 Å². The number of ketones is 1. The molecular formula is C13H19N3O. The normalized spacial score (nSPS) is 24.5. The van der Waals surface area contributed by atoms with Crippen molar-refractivity contribution in [1.82, 2.24) is 4.98 Å². The smallest absolute Gasteiger partial charge is 0.142 e. The van der Waals surface area contributed by atoms with E-state index in [0.717, 1.165) is 31.2 Å². The zero-order valence-corrected chi connectivity index (χ0v) is 9.93. The van der Waals surface area contributed by atoms with Gasteiger partial charge in [0.05, 0.1) is 0 Å². The number of nitrogens with zero attached hydrogens (tertiary/aromatic N) is 1. The Morgan fingerprint density at radius 1 is 1.41 bits per heavy atom. The summed E-state index contributed by atoms with van der Waals surface area (Å²) in [6, 6.07) is 1.75. The zero-order valence-electron chi connectivity index (χ0n) is 9.93. The number of rotatable bonds is 3. The molecule has 1 fully saturated rings. The SMILES string of the molecule is Nc1ccncc1CC(=O)C1CCCCC1N. The fourth-order valence-corrected chi connectivity index (χ4v) is 2.46. The van der Waals surface area contributed by atoms with Crippen molar-refractivity contribution in [3.05, 3.63) is 24.0 Å². The summed E-state index contributed by atoms with van der Waals surface area (Å²) in [6.45, 7) is 0. The molecule has 0 aliphatic heterocycles. The minimum absolute atomic E-state index is 0.00311. The first-order chi connectivity index (χ1) is 8.18. The van der Waals surface area contributed by atoms with Gasteiger partial charge in [-0.25, -0.2) is 0 Å². The predicted molar refractivity (Wildman–Crippen MR) is 67.3 cm³/mol. The molecule has 2 atom stereocenters. The van der Waals surface area contributed by atoms with Gasteiger partial charge in [-0.2, -0.15) is 0 Å². The van der Waals surface area contributed by atoms with E-state index in [-0.39, 0.29) is 17.7 Å². The van der Waals surface area contributed by atoms with E-state index in [1.54, 1.807) is 18.5 Å². The average Bonchev–Trinajstić information content (AvgIpc) is 2.32. The van der Waals surface area contributed by atoms with Crippen molar-refractivity contribution in [1.29, 1.82) is 0 Å². The van der Waals surface area contributed by atoms with E-state index in [1.165, 1.54) is 0 Å². The summed E-state index contributed by atoms with van der Waals surface area (Å²) >= 11 is 0. The topological polar surface area (TPSA) is 82.0 Å².